The van der Waals surface area contributed by atoms with Gasteiger partial charge in [-0.05, 0) is 49.6 Å². The van der Waals surface area contributed by atoms with Gasteiger partial charge in [-0.2, -0.15) is 4.31 Å². The Labute approximate surface area is 194 Å². The van der Waals surface area contributed by atoms with Crippen molar-refractivity contribution in [2.45, 2.75) is 44.6 Å². The Kier molecular flexibility index (Phi) is 7.75. The number of piperidine rings is 1. The van der Waals surface area contributed by atoms with E-state index < -0.39 is 10.0 Å². The van der Waals surface area contributed by atoms with Gasteiger partial charge in [0.15, 0.2) is 5.13 Å². The zero-order chi connectivity index (χ0) is 21.3. The first kappa shape index (κ1) is 24.1. The molecule has 31 heavy (non-hydrogen) atoms. The third-order valence-electron chi connectivity index (χ3n) is 5.85. The zero-order valence-corrected chi connectivity index (χ0v) is 20.3. The number of rotatable bonds is 5. The lowest BCUT2D eigenvalue weighted by Gasteiger charge is -2.30. The second kappa shape index (κ2) is 9.95. The fourth-order valence-corrected chi connectivity index (χ4v) is 6.68. The SMILES string of the molecule is CCN1CCc2nc(NC(=O)c3ccc(S(=O)(=O)N4CCCC(C)C4)cc3)sc2C1.Cl. The molecule has 0 bridgehead atoms. The average molecular weight is 485 g/mol. The van der Waals surface area contributed by atoms with Crippen molar-refractivity contribution in [3.63, 3.8) is 0 Å². The van der Waals surface area contributed by atoms with E-state index in [9.17, 15) is 13.2 Å². The van der Waals surface area contributed by atoms with Crippen LogP contribution in [0.5, 0.6) is 0 Å². The molecule has 0 radical (unpaired) electrons. The highest BCUT2D eigenvalue weighted by atomic mass is 35.5. The Balaban J connectivity index is 0.00000272. The molecule has 3 heterocycles. The second-order valence-electron chi connectivity index (χ2n) is 8.10. The molecule has 1 fully saturated rings. The van der Waals surface area contributed by atoms with Gasteiger partial charge in [-0.25, -0.2) is 13.4 Å². The Morgan fingerprint density at radius 2 is 2.00 bits per heavy atom. The molecule has 2 aromatic rings. The summed E-state index contributed by atoms with van der Waals surface area (Å²) in [4.78, 5) is 21.0. The van der Waals surface area contributed by atoms with E-state index in [0.29, 0.717) is 29.7 Å². The molecule has 1 unspecified atom stereocenters. The van der Waals surface area contributed by atoms with E-state index in [0.717, 1.165) is 44.6 Å². The summed E-state index contributed by atoms with van der Waals surface area (Å²) in [5.74, 6) is 0.0936. The van der Waals surface area contributed by atoms with Gasteiger partial charge in [-0.15, -0.1) is 23.7 Å². The van der Waals surface area contributed by atoms with E-state index in [-0.39, 0.29) is 23.2 Å². The highest BCUT2D eigenvalue weighted by Gasteiger charge is 2.28. The lowest BCUT2D eigenvalue weighted by Crippen LogP contribution is -2.39. The summed E-state index contributed by atoms with van der Waals surface area (Å²) in [6.07, 6.45) is 2.84. The first-order chi connectivity index (χ1) is 14.4. The summed E-state index contributed by atoms with van der Waals surface area (Å²) in [5.41, 5.74) is 1.49. The maximum Gasteiger partial charge on any atom is 0.257 e. The van der Waals surface area contributed by atoms with Crippen LogP contribution < -0.4 is 5.32 Å². The van der Waals surface area contributed by atoms with Gasteiger partial charge >= 0.3 is 0 Å². The normalized spacial score (nSPS) is 20.0. The van der Waals surface area contributed by atoms with Crippen LogP contribution in [0.2, 0.25) is 0 Å². The Hall–Kier alpha value is -1.52. The minimum Gasteiger partial charge on any atom is -0.298 e. The number of nitrogens with zero attached hydrogens (tertiary/aromatic N) is 3. The van der Waals surface area contributed by atoms with Gasteiger partial charge in [0.05, 0.1) is 10.6 Å². The number of likely N-dealkylation sites (N-methyl/N-ethyl adjacent to an activating group) is 1. The van der Waals surface area contributed by atoms with Crippen molar-refractivity contribution in [3.05, 3.63) is 40.4 Å². The topological polar surface area (TPSA) is 82.6 Å². The number of hydrogen-bond donors (Lipinski definition) is 1. The molecule has 1 N–H and O–H groups in total. The van der Waals surface area contributed by atoms with Crippen LogP contribution in [-0.2, 0) is 23.0 Å². The monoisotopic (exact) mass is 484 g/mol. The number of halogens is 1. The number of amides is 1. The van der Waals surface area contributed by atoms with E-state index in [2.05, 4.69) is 29.0 Å². The smallest absolute Gasteiger partial charge is 0.257 e. The van der Waals surface area contributed by atoms with E-state index >= 15 is 0 Å². The number of carbonyl (C=O) groups is 1. The summed E-state index contributed by atoms with van der Waals surface area (Å²) in [7, 11) is -3.52. The average Bonchev–Trinajstić information content (AvgIpc) is 3.15. The predicted octanol–water partition coefficient (Wildman–Crippen LogP) is 3.62. The van der Waals surface area contributed by atoms with Gasteiger partial charge in [0.1, 0.15) is 0 Å². The summed E-state index contributed by atoms with van der Waals surface area (Å²) in [5, 5.41) is 3.46. The van der Waals surface area contributed by atoms with E-state index in [4.69, 9.17) is 0 Å². The van der Waals surface area contributed by atoms with Crippen LogP contribution in [0.4, 0.5) is 5.13 Å². The van der Waals surface area contributed by atoms with Crippen molar-refractivity contribution < 1.29 is 13.2 Å². The molecule has 10 heteroatoms. The Morgan fingerprint density at radius 1 is 1.26 bits per heavy atom. The number of hydrogen-bond acceptors (Lipinski definition) is 6. The zero-order valence-electron chi connectivity index (χ0n) is 17.8. The molecule has 1 atom stereocenters. The molecular formula is C21H29ClN4O3S2. The number of sulfonamides is 1. The predicted molar refractivity (Wildman–Crippen MR) is 126 cm³/mol. The van der Waals surface area contributed by atoms with Crippen molar-refractivity contribution in [1.82, 2.24) is 14.2 Å². The van der Waals surface area contributed by atoms with Crippen LogP contribution in [0.1, 0.15) is 47.6 Å². The fraction of sp³-hybridized carbons (Fsp3) is 0.524. The summed E-state index contributed by atoms with van der Waals surface area (Å²) >= 11 is 1.52. The highest BCUT2D eigenvalue weighted by Crippen LogP contribution is 2.29. The molecule has 1 aromatic heterocycles. The second-order valence-corrected chi connectivity index (χ2v) is 11.1. The van der Waals surface area contributed by atoms with Gasteiger partial charge in [0, 0.05) is 43.0 Å². The molecule has 0 spiro atoms. The number of benzene rings is 1. The van der Waals surface area contributed by atoms with Gasteiger partial charge in [0.25, 0.3) is 5.91 Å². The first-order valence-corrected chi connectivity index (χ1v) is 12.7. The minimum absolute atomic E-state index is 0. The van der Waals surface area contributed by atoms with Crippen LogP contribution in [0.25, 0.3) is 0 Å². The van der Waals surface area contributed by atoms with Gasteiger partial charge < -0.3 is 0 Å². The molecular weight excluding hydrogens is 456 g/mol. The van der Waals surface area contributed by atoms with Gasteiger partial charge in [-0.1, -0.05) is 13.8 Å². The number of aromatic nitrogens is 1. The molecule has 170 valence electrons. The van der Waals surface area contributed by atoms with Crippen LogP contribution in [-0.4, -0.2) is 54.7 Å². The van der Waals surface area contributed by atoms with Crippen LogP contribution >= 0.6 is 23.7 Å². The molecule has 0 aliphatic carbocycles. The molecule has 1 saturated heterocycles. The van der Waals surface area contributed by atoms with Crippen LogP contribution in [0.3, 0.4) is 0 Å². The van der Waals surface area contributed by atoms with Crippen molar-refractivity contribution in [2.75, 3.05) is 31.5 Å². The van der Waals surface area contributed by atoms with E-state index in [1.807, 2.05) is 0 Å². The Morgan fingerprint density at radius 3 is 2.68 bits per heavy atom. The van der Waals surface area contributed by atoms with Crippen molar-refractivity contribution >= 4 is 44.8 Å². The van der Waals surface area contributed by atoms with Crippen molar-refractivity contribution in [2.24, 2.45) is 5.92 Å². The summed E-state index contributed by atoms with van der Waals surface area (Å²) in [6, 6.07) is 6.19. The van der Waals surface area contributed by atoms with Crippen LogP contribution in [0.15, 0.2) is 29.2 Å². The third kappa shape index (κ3) is 5.28. The van der Waals surface area contributed by atoms with E-state index in [1.54, 1.807) is 16.4 Å². The Bertz CT molecular complexity index is 1020. The van der Waals surface area contributed by atoms with Crippen LogP contribution in [0, 0.1) is 5.92 Å². The van der Waals surface area contributed by atoms with Gasteiger partial charge in [-0.3, -0.25) is 15.0 Å². The lowest BCUT2D eigenvalue weighted by atomic mass is 10.0. The third-order valence-corrected chi connectivity index (χ3v) is 8.73. The van der Waals surface area contributed by atoms with Crippen molar-refractivity contribution in [3.8, 4) is 0 Å². The maximum atomic E-state index is 12.9. The molecule has 1 aromatic carbocycles. The quantitative estimate of drug-likeness (QED) is 0.700. The summed E-state index contributed by atoms with van der Waals surface area (Å²) < 4.78 is 27.3. The standard InChI is InChI=1S/C21H28N4O3S2.ClH/c1-3-24-12-10-18-19(14-24)29-21(22-18)23-20(26)16-6-8-17(9-7-16)30(27,28)25-11-4-5-15(2)13-25;/h6-9,15H,3-5,10-14H2,1-2H3,(H,22,23,26);1H. The molecule has 2 aliphatic rings. The first-order valence-electron chi connectivity index (χ1n) is 10.5. The fourth-order valence-electron chi connectivity index (χ4n) is 4.03. The largest absolute Gasteiger partial charge is 0.298 e. The number of anilines is 1. The minimum atomic E-state index is -3.52. The lowest BCUT2D eigenvalue weighted by molar-refractivity contribution is 0.102. The van der Waals surface area contributed by atoms with E-state index in [1.165, 1.54) is 28.3 Å². The molecule has 1 amide bonds. The maximum absolute atomic E-state index is 12.9. The number of thiazole rings is 1. The number of carbonyl (C=O) groups excluding carboxylic acids is 1. The molecule has 0 saturated carbocycles. The highest BCUT2D eigenvalue weighted by molar-refractivity contribution is 7.89. The number of nitrogens with one attached hydrogen (secondary N) is 1. The molecule has 7 nitrogen and oxygen atoms in total. The summed E-state index contributed by atoms with van der Waals surface area (Å²) in [6.45, 7) is 8.20. The van der Waals surface area contributed by atoms with Gasteiger partial charge in [0.2, 0.25) is 10.0 Å². The number of fused-ring (bicyclic) bond motifs is 1. The molecule has 2 aliphatic heterocycles. The van der Waals surface area contributed by atoms with Crippen molar-refractivity contribution in [1.29, 1.82) is 0 Å². The molecule has 4 rings (SSSR count).